The van der Waals surface area contributed by atoms with Crippen LogP contribution >= 0.6 is 0 Å². The van der Waals surface area contributed by atoms with Gasteiger partial charge in [0.2, 0.25) is 0 Å². The normalized spacial score (nSPS) is 34.6. The predicted molar refractivity (Wildman–Crippen MR) is 69.3 cm³/mol. The van der Waals surface area contributed by atoms with E-state index in [1.807, 2.05) is 6.07 Å². The zero-order valence-electron chi connectivity index (χ0n) is 10.7. The van der Waals surface area contributed by atoms with E-state index in [2.05, 4.69) is 22.2 Å². The van der Waals surface area contributed by atoms with Crippen LogP contribution in [-0.2, 0) is 11.2 Å². The highest BCUT2D eigenvalue weighted by Crippen LogP contribution is 2.38. The van der Waals surface area contributed by atoms with Gasteiger partial charge < -0.3 is 15.8 Å². The molecule has 1 aliphatic carbocycles. The number of ether oxygens (including phenoxy) is 1. The van der Waals surface area contributed by atoms with Gasteiger partial charge >= 0.3 is 0 Å². The number of hydrogen-bond donors (Lipinski definition) is 2. The van der Waals surface area contributed by atoms with Gasteiger partial charge in [-0.3, -0.25) is 0 Å². The highest BCUT2D eigenvalue weighted by molar-refractivity contribution is 5.39. The molecule has 5 heteroatoms. The summed E-state index contributed by atoms with van der Waals surface area (Å²) in [7, 11) is 0. The average molecular weight is 248 g/mol. The summed E-state index contributed by atoms with van der Waals surface area (Å²) < 4.78 is 5.80. The predicted octanol–water partition coefficient (Wildman–Crippen LogP) is 0.956. The van der Waals surface area contributed by atoms with E-state index in [4.69, 9.17) is 10.5 Å². The number of rotatable bonds is 3. The number of aromatic nitrogens is 2. The Bertz CT molecular complexity index is 425. The molecule has 1 aromatic heterocycles. The van der Waals surface area contributed by atoms with Gasteiger partial charge in [-0.1, -0.05) is 6.92 Å². The van der Waals surface area contributed by atoms with E-state index in [9.17, 15) is 0 Å². The van der Waals surface area contributed by atoms with Gasteiger partial charge in [-0.25, -0.2) is 9.97 Å². The molecule has 1 aliphatic heterocycles. The third kappa shape index (κ3) is 1.97. The van der Waals surface area contributed by atoms with Crippen LogP contribution in [0, 0.1) is 5.92 Å². The lowest BCUT2D eigenvalue weighted by Gasteiger charge is -2.52. The first kappa shape index (κ1) is 11.9. The number of aryl methyl sites for hydroxylation is 1. The van der Waals surface area contributed by atoms with Crippen LogP contribution in [0.25, 0.3) is 0 Å². The molecule has 98 valence electrons. The van der Waals surface area contributed by atoms with Gasteiger partial charge in [0.05, 0.1) is 12.1 Å². The van der Waals surface area contributed by atoms with Crippen molar-refractivity contribution in [3.05, 3.63) is 18.1 Å². The largest absolute Gasteiger partial charge is 0.376 e. The molecule has 5 nitrogen and oxygen atoms in total. The maximum Gasteiger partial charge on any atom is 0.129 e. The van der Waals surface area contributed by atoms with Gasteiger partial charge in [-0.15, -0.1) is 0 Å². The smallest absolute Gasteiger partial charge is 0.129 e. The molecule has 2 aliphatic rings. The van der Waals surface area contributed by atoms with E-state index < -0.39 is 0 Å². The summed E-state index contributed by atoms with van der Waals surface area (Å²) in [6.45, 7) is 2.94. The Morgan fingerprint density at radius 3 is 3.22 bits per heavy atom. The van der Waals surface area contributed by atoms with Crippen LogP contribution < -0.4 is 11.1 Å². The Hall–Kier alpha value is -1.20. The molecule has 0 spiro atoms. The Morgan fingerprint density at radius 1 is 1.50 bits per heavy atom. The quantitative estimate of drug-likeness (QED) is 0.833. The van der Waals surface area contributed by atoms with Crippen LogP contribution in [0.3, 0.4) is 0 Å². The van der Waals surface area contributed by atoms with Gasteiger partial charge in [-0.05, 0) is 19.3 Å². The molecule has 0 aromatic carbocycles. The number of nitrogens with zero attached hydrogens (tertiary/aromatic N) is 2. The number of fused-ring (bicyclic) bond motifs is 1. The van der Waals surface area contributed by atoms with Crippen LogP contribution in [0.5, 0.6) is 0 Å². The van der Waals surface area contributed by atoms with Crippen LogP contribution in [0.1, 0.15) is 25.5 Å². The van der Waals surface area contributed by atoms with Gasteiger partial charge in [0.1, 0.15) is 12.1 Å². The molecule has 0 bridgehead atoms. The van der Waals surface area contributed by atoms with E-state index in [1.165, 1.54) is 6.42 Å². The molecular weight excluding hydrogens is 228 g/mol. The number of hydrogen-bond acceptors (Lipinski definition) is 5. The first-order valence-corrected chi connectivity index (χ1v) is 6.74. The van der Waals surface area contributed by atoms with Crippen molar-refractivity contribution >= 4 is 5.82 Å². The van der Waals surface area contributed by atoms with Crippen molar-refractivity contribution in [2.24, 2.45) is 11.7 Å². The summed E-state index contributed by atoms with van der Waals surface area (Å²) in [6, 6.07) is 2.35. The van der Waals surface area contributed by atoms with Gasteiger partial charge in [0.15, 0.2) is 0 Å². The fourth-order valence-corrected chi connectivity index (χ4v) is 2.97. The number of anilines is 1. The maximum absolute atomic E-state index is 6.21. The molecule has 1 saturated heterocycles. The van der Waals surface area contributed by atoms with Gasteiger partial charge in [0.25, 0.3) is 0 Å². The third-order valence-electron chi connectivity index (χ3n) is 4.08. The number of nitrogens with two attached hydrogens (primary N) is 1. The first-order chi connectivity index (χ1) is 8.79. The molecular formula is C13H20N4O. The summed E-state index contributed by atoms with van der Waals surface area (Å²) in [4.78, 5) is 8.44. The van der Waals surface area contributed by atoms with E-state index in [0.717, 1.165) is 31.0 Å². The fraction of sp³-hybridized carbons (Fsp3) is 0.692. The fourth-order valence-electron chi connectivity index (χ4n) is 2.97. The minimum Gasteiger partial charge on any atom is -0.376 e. The zero-order chi connectivity index (χ0) is 12.5. The van der Waals surface area contributed by atoms with Gasteiger partial charge in [-0.2, -0.15) is 0 Å². The summed E-state index contributed by atoms with van der Waals surface area (Å²) >= 11 is 0. The molecule has 1 saturated carbocycles. The molecule has 3 rings (SSSR count). The van der Waals surface area contributed by atoms with Crippen LogP contribution in [0.2, 0.25) is 0 Å². The molecule has 4 atom stereocenters. The van der Waals surface area contributed by atoms with E-state index in [0.29, 0.717) is 5.92 Å². The van der Waals surface area contributed by atoms with E-state index >= 15 is 0 Å². The van der Waals surface area contributed by atoms with Crippen molar-refractivity contribution < 1.29 is 4.74 Å². The summed E-state index contributed by atoms with van der Waals surface area (Å²) in [5, 5.41) is 3.40. The summed E-state index contributed by atoms with van der Waals surface area (Å²) in [6.07, 6.45) is 5.10. The third-order valence-corrected chi connectivity index (χ3v) is 4.08. The highest BCUT2D eigenvalue weighted by atomic mass is 16.5. The van der Waals surface area contributed by atoms with Crippen LogP contribution in [0.15, 0.2) is 12.4 Å². The van der Waals surface area contributed by atoms with Gasteiger partial charge in [0, 0.05) is 30.3 Å². The first-order valence-electron chi connectivity index (χ1n) is 6.74. The molecule has 3 N–H and O–H groups in total. The second kappa shape index (κ2) is 4.82. The van der Waals surface area contributed by atoms with Crippen molar-refractivity contribution in [3.8, 4) is 0 Å². The summed E-state index contributed by atoms with van der Waals surface area (Å²) in [5.41, 5.74) is 7.25. The zero-order valence-corrected chi connectivity index (χ0v) is 10.7. The molecule has 0 amide bonds. The lowest BCUT2D eigenvalue weighted by Crippen LogP contribution is -2.69. The van der Waals surface area contributed by atoms with Crippen molar-refractivity contribution in [3.63, 3.8) is 0 Å². The SMILES string of the molecule is CCc1cc(NC2C(N)C3CCCOC32)ncn1. The minimum atomic E-state index is 0.176. The maximum atomic E-state index is 6.21. The van der Waals surface area contributed by atoms with Crippen molar-refractivity contribution in [2.45, 2.75) is 44.4 Å². The molecule has 0 radical (unpaired) electrons. The molecule has 1 aromatic rings. The Labute approximate surface area is 107 Å². The minimum absolute atomic E-state index is 0.176. The molecule has 2 heterocycles. The topological polar surface area (TPSA) is 73.1 Å². The Kier molecular flexibility index (Phi) is 3.18. The lowest BCUT2D eigenvalue weighted by molar-refractivity contribution is -0.104. The molecule has 2 fully saturated rings. The standard InChI is InChI=1S/C13H20N4O/c1-2-8-6-10(16-7-15-8)17-12-11(14)9-4-3-5-18-13(9)12/h6-7,9,11-13H,2-5,14H2,1H3,(H,15,16,17). The second-order valence-corrected chi connectivity index (χ2v) is 5.14. The lowest BCUT2D eigenvalue weighted by atomic mass is 9.68. The average Bonchev–Trinajstić information content (AvgIpc) is 2.44. The van der Waals surface area contributed by atoms with Crippen molar-refractivity contribution in [2.75, 3.05) is 11.9 Å². The molecule has 4 unspecified atom stereocenters. The van der Waals surface area contributed by atoms with Crippen LogP contribution in [-0.4, -0.2) is 34.8 Å². The number of nitrogens with one attached hydrogen (secondary N) is 1. The van der Waals surface area contributed by atoms with E-state index in [-0.39, 0.29) is 18.2 Å². The summed E-state index contributed by atoms with van der Waals surface area (Å²) in [5.74, 6) is 1.37. The second-order valence-electron chi connectivity index (χ2n) is 5.14. The Balaban J connectivity index is 1.68. The van der Waals surface area contributed by atoms with E-state index in [1.54, 1.807) is 6.33 Å². The van der Waals surface area contributed by atoms with Crippen molar-refractivity contribution in [1.29, 1.82) is 0 Å². The Morgan fingerprint density at radius 2 is 2.39 bits per heavy atom. The molecule has 18 heavy (non-hydrogen) atoms. The van der Waals surface area contributed by atoms with Crippen LogP contribution in [0.4, 0.5) is 5.82 Å². The monoisotopic (exact) mass is 248 g/mol. The highest BCUT2D eigenvalue weighted by Gasteiger charge is 2.50. The van der Waals surface area contributed by atoms with Crippen molar-refractivity contribution in [1.82, 2.24) is 9.97 Å².